The Kier molecular flexibility index (Phi) is 4.74. The largest absolute Gasteiger partial charge is 0.466 e. The summed E-state index contributed by atoms with van der Waals surface area (Å²) in [7, 11) is 0. The van der Waals surface area contributed by atoms with Crippen molar-refractivity contribution in [3.8, 4) is 0 Å². The van der Waals surface area contributed by atoms with Gasteiger partial charge in [-0.05, 0) is 13.0 Å². The van der Waals surface area contributed by atoms with E-state index in [9.17, 15) is 18.0 Å². The normalized spacial score (nSPS) is 10.7. The quantitative estimate of drug-likeness (QED) is 0.622. The zero-order valence-electron chi connectivity index (χ0n) is 8.84. The van der Waals surface area contributed by atoms with E-state index in [-0.39, 0.29) is 12.2 Å². The van der Waals surface area contributed by atoms with Crippen LogP contribution in [0, 0.1) is 5.95 Å². The summed E-state index contributed by atoms with van der Waals surface area (Å²) in [6.45, 7) is 1.71. The molecule has 0 saturated heterocycles. The van der Waals surface area contributed by atoms with E-state index in [4.69, 9.17) is 11.6 Å². The van der Waals surface area contributed by atoms with Gasteiger partial charge in [0, 0.05) is 5.56 Å². The molecule has 1 rings (SSSR count). The molecular weight excluding hydrogens is 259 g/mol. The van der Waals surface area contributed by atoms with E-state index in [0.29, 0.717) is 0 Å². The first-order chi connectivity index (χ1) is 7.95. The van der Waals surface area contributed by atoms with Crippen molar-refractivity contribution >= 4 is 17.6 Å². The Morgan fingerprint density at radius 2 is 2.24 bits per heavy atom. The number of carbonyl (C=O) groups excluding carboxylic acids is 1. The lowest BCUT2D eigenvalue weighted by molar-refractivity contribution is -0.142. The predicted octanol–water partition coefficient (Wildman–Crippen LogP) is 2.92. The second-order valence-corrected chi connectivity index (χ2v) is 3.46. The molecule has 0 radical (unpaired) electrons. The minimum Gasteiger partial charge on any atom is -0.466 e. The van der Waals surface area contributed by atoms with Crippen molar-refractivity contribution in [2.24, 2.45) is 0 Å². The van der Waals surface area contributed by atoms with Crippen molar-refractivity contribution < 1.29 is 22.7 Å². The lowest BCUT2D eigenvalue weighted by Crippen LogP contribution is -2.10. The van der Waals surface area contributed by atoms with Gasteiger partial charge >= 0.3 is 5.97 Å². The molecule has 0 aliphatic carbocycles. The highest BCUT2D eigenvalue weighted by Crippen LogP contribution is 2.27. The standard InChI is InChI=1S/C10H9ClF3NO2/c1-2-17-7(16)4-5-3-6(9(12)13)8(11)15-10(5)14/h3,9H,2,4H2,1H3. The molecule has 0 aliphatic heterocycles. The molecule has 0 unspecified atom stereocenters. The smallest absolute Gasteiger partial charge is 0.310 e. The summed E-state index contributed by atoms with van der Waals surface area (Å²) in [6, 6.07) is 0.826. The van der Waals surface area contributed by atoms with E-state index in [2.05, 4.69) is 9.72 Å². The van der Waals surface area contributed by atoms with Crippen molar-refractivity contribution in [3.05, 3.63) is 28.3 Å². The first-order valence-electron chi connectivity index (χ1n) is 4.74. The van der Waals surface area contributed by atoms with E-state index in [1.165, 1.54) is 0 Å². The zero-order valence-corrected chi connectivity index (χ0v) is 9.60. The average molecular weight is 268 g/mol. The molecule has 3 nitrogen and oxygen atoms in total. The molecule has 0 aliphatic rings. The average Bonchev–Trinajstić information content (AvgIpc) is 2.21. The predicted molar refractivity (Wildman–Crippen MR) is 54.5 cm³/mol. The van der Waals surface area contributed by atoms with Gasteiger partial charge in [0.1, 0.15) is 5.15 Å². The Balaban J connectivity index is 2.99. The molecular formula is C10H9ClF3NO2. The molecule has 0 N–H and O–H groups in total. The van der Waals surface area contributed by atoms with Crippen LogP contribution in [0.3, 0.4) is 0 Å². The molecule has 1 aromatic rings. The number of alkyl halides is 2. The maximum absolute atomic E-state index is 13.2. The summed E-state index contributed by atoms with van der Waals surface area (Å²) in [4.78, 5) is 14.2. The Labute approximate surface area is 101 Å². The molecule has 0 saturated carbocycles. The molecule has 1 aromatic heterocycles. The van der Waals surface area contributed by atoms with Gasteiger partial charge in [0.15, 0.2) is 0 Å². The minimum atomic E-state index is -2.88. The van der Waals surface area contributed by atoms with Crippen LogP contribution in [0.2, 0.25) is 5.15 Å². The summed E-state index contributed by atoms with van der Waals surface area (Å²) in [5.74, 6) is -1.76. The van der Waals surface area contributed by atoms with Gasteiger partial charge < -0.3 is 4.74 Å². The third kappa shape index (κ3) is 3.59. The number of esters is 1. The summed E-state index contributed by atoms with van der Waals surface area (Å²) in [6.07, 6.45) is -3.33. The van der Waals surface area contributed by atoms with Gasteiger partial charge in [0.05, 0.1) is 18.6 Å². The molecule has 0 bridgehead atoms. The van der Waals surface area contributed by atoms with Crippen LogP contribution in [0.15, 0.2) is 6.07 Å². The van der Waals surface area contributed by atoms with Crippen molar-refractivity contribution in [2.75, 3.05) is 6.61 Å². The van der Waals surface area contributed by atoms with Gasteiger partial charge in [-0.1, -0.05) is 11.6 Å². The molecule has 0 amide bonds. The second-order valence-electron chi connectivity index (χ2n) is 3.10. The topological polar surface area (TPSA) is 39.2 Å². The zero-order chi connectivity index (χ0) is 13.0. The monoisotopic (exact) mass is 267 g/mol. The van der Waals surface area contributed by atoms with E-state index in [0.717, 1.165) is 6.07 Å². The second kappa shape index (κ2) is 5.86. The number of hydrogen-bond acceptors (Lipinski definition) is 3. The van der Waals surface area contributed by atoms with Gasteiger partial charge in [0.2, 0.25) is 5.95 Å². The maximum Gasteiger partial charge on any atom is 0.310 e. The number of aromatic nitrogens is 1. The maximum atomic E-state index is 13.2. The fourth-order valence-electron chi connectivity index (χ4n) is 1.17. The third-order valence-electron chi connectivity index (χ3n) is 1.90. The Morgan fingerprint density at radius 1 is 1.59 bits per heavy atom. The number of hydrogen-bond donors (Lipinski definition) is 0. The Bertz CT molecular complexity index is 426. The van der Waals surface area contributed by atoms with E-state index >= 15 is 0 Å². The van der Waals surface area contributed by atoms with Crippen molar-refractivity contribution in [1.29, 1.82) is 0 Å². The lowest BCUT2D eigenvalue weighted by atomic mass is 10.1. The van der Waals surface area contributed by atoms with Crippen molar-refractivity contribution in [3.63, 3.8) is 0 Å². The summed E-state index contributed by atoms with van der Waals surface area (Å²) in [5, 5.41) is -0.606. The molecule has 0 atom stereocenters. The van der Waals surface area contributed by atoms with E-state index in [1.807, 2.05) is 0 Å². The number of ether oxygens (including phenoxy) is 1. The fourth-order valence-corrected chi connectivity index (χ4v) is 1.39. The van der Waals surface area contributed by atoms with Crippen LogP contribution in [0.1, 0.15) is 24.5 Å². The van der Waals surface area contributed by atoms with Crippen LogP contribution in [-0.4, -0.2) is 17.6 Å². The molecule has 0 spiro atoms. The Morgan fingerprint density at radius 3 is 2.76 bits per heavy atom. The highest BCUT2D eigenvalue weighted by molar-refractivity contribution is 6.30. The summed E-state index contributed by atoms with van der Waals surface area (Å²) >= 11 is 5.35. The van der Waals surface area contributed by atoms with Crippen molar-refractivity contribution in [2.45, 2.75) is 19.8 Å². The Hall–Kier alpha value is -1.30. The highest BCUT2D eigenvalue weighted by Gasteiger charge is 2.19. The first-order valence-corrected chi connectivity index (χ1v) is 5.12. The molecule has 0 fully saturated rings. The van der Waals surface area contributed by atoms with Gasteiger partial charge in [-0.25, -0.2) is 13.8 Å². The molecule has 7 heteroatoms. The van der Waals surface area contributed by atoms with Crippen LogP contribution >= 0.6 is 11.6 Å². The highest BCUT2D eigenvalue weighted by atomic mass is 35.5. The summed E-state index contributed by atoms with van der Waals surface area (Å²) < 4.78 is 42.7. The number of pyridine rings is 1. The number of halogens is 4. The summed E-state index contributed by atoms with van der Waals surface area (Å²) in [5.41, 5.74) is -0.865. The van der Waals surface area contributed by atoms with Gasteiger partial charge in [-0.15, -0.1) is 0 Å². The van der Waals surface area contributed by atoms with Crippen molar-refractivity contribution in [1.82, 2.24) is 4.98 Å². The number of rotatable bonds is 4. The first kappa shape index (κ1) is 13.8. The van der Waals surface area contributed by atoms with Gasteiger partial charge in [-0.2, -0.15) is 4.39 Å². The van der Waals surface area contributed by atoms with Gasteiger partial charge in [0.25, 0.3) is 6.43 Å². The van der Waals surface area contributed by atoms with Crippen LogP contribution in [0.4, 0.5) is 13.2 Å². The number of carbonyl (C=O) groups is 1. The molecule has 17 heavy (non-hydrogen) atoms. The van der Waals surface area contributed by atoms with Crippen LogP contribution in [0.5, 0.6) is 0 Å². The van der Waals surface area contributed by atoms with Crippen LogP contribution < -0.4 is 0 Å². The SMILES string of the molecule is CCOC(=O)Cc1cc(C(F)F)c(Cl)nc1F. The van der Waals surface area contributed by atoms with E-state index in [1.54, 1.807) is 6.92 Å². The molecule has 1 heterocycles. The van der Waals surface area contributed by atoms with Gasteiger partial charge in [-0.3, -0.25) is 4.79 Å². The third-order valence-corrected chi connectivity index (χ3v) is 2.21. The molecule has 0 aromatic carbocycles. The lowest BCUT2D eigenvalue weighted by Gasteiger charge is -2.07. The fraction of sp³-hybridized carbons (Fsp3) is 0.400. The van der Waals surface area contributed by atoms with E-state index < -0.39 is 35.5 Å². The van der Waals surface area contributed by atoms with Crippen LogP contribution in [0.25, 0.3) is 0 Å². The number of nitrogens with zero attached hydrogens (tertiary/aromatic N) is 1. The van der Waals surface area contributed by atoms with Crippen LogP contribution in [-0.2, 0) is 16.0 Å². The molecule has 94 valence electrons. The minimum absolute atomic E-state index is 0.128.